The number of nitrogens with zero attached hydrogens (tertiary/aromatic N) is 2. The second kappa shape index (κ2) is 7.89. The molecule has 0 aliphatic carbocycles. The molecule has 0 aliphatic heterocycles. The lowest BCUT2D eigenvalue weighted by Crippen LogP contribution is -2.25. The van der Waals surface area contributed by atoms with Crippen LogP contribution in [-0.2, 0) is 4.74 Å². The van der Waals surface area contributed by atoms with Crippen molar-refractivity contribution in [1.82, 2.24) is 9.78 Å². The van der Waals surface area contributed by atoms with Crippen molar-refractivity contribution in [3.05, 3.63) is 63.2 Å². The molecule has 3 rings (SSSR count). The first-order chi connectivity index (χ1) is 13.3. The van der Waals surface area contributed by atoms with Gasteiger partial charge >= 0.3 is 12.6 Å². The van der Waals surface area contributed by atoms with Crippen molar-refractivity contribution >= 4 is 28.5 Å². The van der Waals surface area contributed by atoms with Gasteiger partial charge in [-0.3, -0.25) is 4.79 Å². The largest absolute Gasteiger partial charge is 0.461 e. The normalized spacial score (nSPS) is 11.1. The molecule has 0 fully saturated rings. The van der Waals surface area contributed by atoms with Crippen LogP contribution in [-0.4, -0.2) is 29.0 Å². The Kier molecular flexibility index (Phi) is 5.55. The van der Waals surface area contributed by atoms with Crippen LogP contribution in [0.4, 0.5) is 13.2 Å². The zero-order valence-corrected chi connectivity index (χ0v) is 15.0. The van der Waals surface area contributed by atoms with E-state index >= 15 is 0 Å². The molecule has 1 aromatic heterocycles. The Bertz CT molecular complexity index is 1120. The van der Waals surface area contributed by atoms with Crippen molar-refractivity contribution in [3.63, 3.8) is 0 Å². The van der Waals surface area contributed by atoms with Crippen molar-refractivity contribution < 1.29 is 27.4 Å². The molecule has 0 bridgehead atoms. The summed E-state index contributed by atoms with van der Waals surface area (Å²) < 4.78 is 50.2. The minimum absolute atomic E-state index is 0.0441. The number of halogens is 4. The average Bonchev–Trinajstić information content (AvgIpc) is 2.62. The van der Waals surface area contributed by atoms with Gasteiger partial charge in [0.2, 0.25) is 11.1 Å². The average molecular weight is 413 g/mol. The summed E-state index contributed by atoms with van der Waals surface area (Å²) in [7, 11) is 0. The molecule has 3 aromatic rings. The van der Waals surface area contributed by atoms with E-state index in [-0.39, 0.29) is 28.2 Å². The highest BCUT2D eigenvalue weighted by atomic mass is 35.5. The van der Waals surface area contributed by atoms with Gasteiger partial charge in [0.1, 0.15) is 17.3 Å². The lowest BCUT2D eigenvalue weighted by Gasteiger charge is -2.15. The highest BCUT2D eigenvalue weighted by Gasteiger charge is 2.23. The zero-order chi connectivity index (χ0) is 20.4. The van der Waals surface area contributed by atoms with E-state index in [0.29, 0.717) is 0 Å². The summed E-state index contributed by atoms with van der Waals surface area (Å²) in [5, 5.41) is 3.65. The van der Waals surface area contributed by atoms with Crippen LogP contribution < -0.4 is 10.2 Å². The van der Waals surface area contributed by atoms with E-state index in [9.17, 15) is 22.8 Å². The number of esters is 1. The van der Waals surface area contributed by atoms with Crippen LogP contribution in [0.3, 0.4) is 0 Å². The van der Waals surface area contributed by atoms with Crippen LogP contribution in [0.25, 0.3) is 16.6 Å². The molecule has 0 aliphatic rings. The van der Waals surface area contributed by atoms with E-state index < -0.39 is 35.3 Å². The minimum Gasteiger partial charge on any atom is -0.461 e. The second-order valence-electron chi connectivity index (χ2n) is 5.43. The van der Waals surface area contributed by atoms with Gasteiger partial charge < -0.3 is 9.47 Å². The molecule has 0 unspecified atom stereocenters. The monoisotopic (exact) mass is 412 g/mol. The smallest absolute Gasteiger partial charge is 0.387 e. The molecular formula is C18H12ClF3N2O4. The first-order valence-electron chi connectivity index (χ1n) is 7.97. The Hall–Kier alpha value is -3.07. The molecule has 1 heterocycles. The fraction of sp³-hybridized carbons (Fsp3) is 0.167. The van der Waals surface area contributed by atoms with Gasteiger partial charge in [-0.05, 0) is 37.3 Å². The van der Waals surface area contributed by atoms with E-state index in [1.165, 1.54) is 31.2 Å². The van der Waals surface area contributed by atoms with Crippen molar-refractivity contribution in [1.29, 1.82) is 0 Å². The third-order valence-electron chi connectivity index (χ3n) is 3.70. The molecule has 146 valence electrons. The van der Waals surface area contributed by atoms with Gasteiger partial charge in [-0.2, -0.15) is 13.9 Å². The van der Waals surface area contributed by atoms with E-state index in [1.807, 2.05) is 0 Å². The number of aromatic nitrogens is 2. The lowest BCUT2D eigenvalue weighted by atomic mass is 10.1. The first-order valence-corrected chi connectivity index (χ1v) is 8.34. The summed E-state index contributed by atoms with van der Waals surface area (Å²) in [6.07, 6.45) is 0. The molecule has 0 atom stereocenters. The highest BCUT2D eigenvalue weighted by molar-refractivity contribution is 6.30. The summed E-state index contributed by atoms with van der Waals surface area (Å²) in [4.78, 5) is 24.9. The topological polar surface area (TPSA) is 70.4 Å². The third kappa shape index (κ3) is 3.65. The maximum Gasteiger partial charge on any atom is 0.387 e. The number of carbonyl (C=O) groups is 1. The number of rotatable bonds is 5. The number of fused-ring (bicyclic) bond motifs is 1. The number of carbonyl (C=O) groups excluding carboxylic acids is 1. The second-order valence-corrected chi connectivity index (χ2v) is 5.87. The van der Waals surface area contributed by atoms with Gasteiger partial charge in [-0.25, -0.2) is 13.9 Å². The maximum atomic E-state index is 14.5. The third-order valence-corrected chi connectivity index (χ3v) is 3.93. The van der Waals surface area contributed by atoms with Crippen LogP contribution in [0.1, 0.15) is 17.4 Å². The maximum absolute atomic E-state index is 14.5. The number of hydrogen-bond donors (Lipinski definition) is 0. The fourth-order valence-electron chi connectivity index (χ4n) is 2.61. The van der Waals surface area contributed by atoms with Crippen molar-refractivity contribution in [2.75, 3.05) is 6.61 Å². The summed E-state index contributed by atoms with van der Waals surface area (Å²) in [5.74, 6) is -2.36. The predicted molar refractivity (Wildman–Crippen MR) is 94.9 cm³/mol. The van der Waals surface area contributed by atoms with Gasteiger partial charge in [0.25, 0.3) is 0 Å². The van der Waals surface area contributed by atoms with Gasteiger partial charge in [0.05, 0.1) is 17.5 Å². The summed E-state index contributed by atoms with van der Waals surface area (Å²) in [5.41, 5.74) is -1.88. The van der Waals surface area contributed by atoms with Crippen molar-refractivity contribution in [2.45, 2.75) is 13.5 Å². The van der Waals surface area contributed by atoms with Gasteiger partial charge in [-0.1, -0.05) is 17.7 Å². The minimum atomic E-state index is -3.22. The Morgan fingerprint density at radius 2 is 2.04 bits per heavy atom. The van der Waals surface area contributed by atoms with Crippen LogP contribution in [0, 0.1) is 5.82 Å². The molecule has 28 heavy (non-hydrogen) atoms. The molecular weight excluding hydrogens is 401 g/mol. The van der Waals surface area contributed by atoms with E-state index in [0.717, 1.165) is 16.8 Å². The van der Waals surface area contributed by atoms with Crippen molar-refractivity contribution in [3.8, 4) is 11.4 Å². The first kappa shape index (κ1) is 19.7. The van der Waals surface area contributed by atoms with Crippen LogP contribution in [0.2, 0.25) is 5.02 Å². The van der Waals surface area contributed by atoms with E-state index in [2.05, 4.69) is 9.84 Å². The number of alkyl halides is 2. The predicted octanol–water partition coefficient (Wildman–Crippen LogP) is 3.96. The number of hydrogen-bond acceptors (Lipinski definition) is 5. The molecule has 0 saturated carbocycles. The Morgan fingerprint density at radius 1 is 1.29 bits per heavy atom. The van der Waals surface area contributed by atoms with Crippen LogP contribution >= 0.6 is 11.6 Å². The molecule has 0 spiro atoms. The molecule has 6 nitrogen and oxygen atoms in total. The Morgan fingerprint density at radius 3 is 2.68 bits per heavy atom. The van der Waals surface area contributed by atoms with Crippen LogP contribution in [0.15, 0.2) is 41.2 Å². The standard InChI is InChI=1S/C18H12ClF3N2O4/c1-2-27-17(26)15-16(25)14-12(4-3-5-13(14)28-18(21)22)24(23-15)11-7-6-9(19)8-10(11)20/h3-8,18H,2H2,1H3. The molecule has 0 radical (unpaired) electrons. The number of benzene rings is 2. The molecule has 0 N–H and O–H groups in total. The quantitative estimate of drug-likeness (QED) is 0.593. The van der Waals surface area contributed by atoms with Crippen LogP contribution in [0.5, 0.6) is 5.75 Å². The molecule has 0 amide bonds. The zero-order valence-electron chi connectivity index (χ0n) is 14.3. The summed E-state index contributed by atoms with van der Waals surface area (Å²) >= 11 is 5.76. The van der Waals surface area contributed by atoms with Gasteiger partial charge in [-0.15, -0.1) is 0 Å². The van der Waals surface area contributed by atoms with Crippen molar-refractivity contribution in [2.24, 2.45) is 0 Å². The van der Waals surface area contributed by atoms with E-state index in [1.54, 1.807) is 0 Å². The lowest BCUT2D eigenvalue weighted by molar-refractivity contribution is -0.0488. The van der Waals surface area contributed by atoms with Gasteiger partial charge in [0, 0.05) is 5.02 Å². The highest BCUT2D eigenvalue weighted by Crippen LogP contribution is 2.27. The Labute approximate surface area is 161 Å². The Balaban J connectivity index is 2.41. The SMILES string of the molecule is CCOC(=O)c1nn(-c2ccc(Cl)cc2F)c2cccc(OC(F)F)c2c1=O. The molecule has 0 saturated heterocycles. The molecule has 2 aromatic carbocycles. The molecule has 10 heteroatoms. The van der Waals surface area contributed by atoms with Gasteiger partial charge in [0.15, 0.2) is 0 Å². The van der Waals surface area contributed by atoms with E-state index in [4.69, 9.17) is 16.3 Å². The number of ether oxygens (including phenoxy) is 2. The fourth-order valence-corrected chi connectivity index (χ4v) is 2.76. The summed E-state index contributed by atoms with van der Waals surface area (Å²) in [6.45, 7) is -1.76. The summed E-state index contributed by atoms with van der Waals surface area (Å²) in [6, 6.07) is 7.46.